The first-order valence-electron chi connectivity index (χ1n) is 8.62. The van der Waals surface area contributed by atoms with E-state index in [4.69, 9.17) is 9.72 Å². The normalized spacial score (nSPS) is 19.8. The molecule has 3 heterocycles. The monoisotopic (exact) mass is 395 g/mol. The Kier molecular flexibility index (Phi) is 6.80. The van der Waals surface area contributed by atoms with Crippen molar-refractivity contribution < 1.29 is 9.84 Å². The number of hydrogen-bond acceptors (Lipinski definition) is 8. The van der Waals surface area contributed by atoms with E-state index < -0.39 is 0 Å². The average Bonchev–Trinajstić information content (AvgIpc) is 3.25. The second kappa shape index (κ2) is 9.07. The number of thioether (sulfide) groups is 2. The Bertz CT molecular complexity index is 776. The first-order chi connectivity index (χ1) is 12.6. The molecular formula is C17H25N5O2S2. The number of anilines is 1. The van der Waals surface area contributed by atoms with E-state index in [-0.39, 0.29) is 18.9 Å². The second-order valence-corrected chi connectivity index (χ2v) is 8.54. The molecule has 2 atom stereocenters. The van der Waals surface area contributed by atoms with Crippen molar-refractivity contribution in [1.82, 2.24) is 19.5 Å². The summed E-state index contributed by atoms with van der Waals surface area (Å²) in [4.78, 5) is 13.9. The van der Waals surface area contributed by atoms with E-state index in [2.05, 4.69) is 41.5 Å². The molecule has 2 aromatic rings. The predicted octanol–water partition coefficient (Wildman–Crippen LogP) is 3.29. The van der Waals surface area contributed by atoms with Gasteiger partial charge in [-0.05, 0) is 32.9 Å². The molecule has 2 N–H and O–H groups in total. The molecule has 9 heteroatoms. The van der Waals surface area contributed by atoms with Crippen LogP contribution in [0.2, 0.25) is 0 Å². The first kappa shape index (κ1) is 19.5. The van der Waals surface area contributed by atoms with Gasteiger partial charge in [-0.25, -0.2) is 15.0 Å². The summed E-state index contributed by atoms with van der Waals surface area (Å²) in [6.45, 7) is 4.88. The van der Waals surface area contributed by atoms with Gasteiger partial charge in [0.15, 0.2) is 22.1 Å². The van der Waals surface area contributed by atoms with Crippen molar-refractivity contribution in [2.24, 2.45) is 0 Å². The van der Waals surface area contributed by atoms with Crippen LogP contribution in [0.25, 0.3) is 11.2 Å². The number of allylic oxidation sites excluding steroid dienone is 1. The molecule has 0 radical (unpaired) electrons. The van der Waals surface area contributed by atoms with Crippen LogP contribution >= 0.6 is 23.5 Å². The molecule has 26 heavy (non-hydrogen) atoms. The van der Waals surface area contributed by atoms with Crippen LogP contribution in [0.5, 0.6) is 0 Å². The van der Waals surface area contributed by atoms with Gasteiger partial charge in [-0.15, -0.1) is 0 Å². The molecule has 1 aliphatic heterocycles. The van der Waals surface area contributed by atoms with Crippen LogP contribution in [0, 0.1) is 0 Å². The van der Waals surface area contributed by atoms with Crippen molar-refractivity contribution in [2.45, 2.75) is 44.2 Å². The lowest BCUT2D eigenvalue weighted by atomic mass is 10.2. The molecule has 1 saturated heterocycles. The lowest BCUT2D eigenvalue weighted by molar-refractivity contribution is -0.0207. The summed E-state index contributed by atoms with van der Waals surface area (Å²) in [5.41, 5.74) is 2.77. The number of imidazole rings is 1. The molecule has 3 rings (SSSR count). The van der Waals surface area contributed by atoms with Gasteiger partial charge in [0, 0.05) is 11.6 Å². The maximum atomic E-state index is 9.33. The number of nitrogens with one attached hydrogen (secondary N) is 1. The highest BCUT2D eigenvalue weighted by molar-refractivity contribution is 8.15. The van der Waals surface area contributed by atoms with Gasteiger partial charge >= 0.3 is 0 Å². The Hall–Kier alpha value is -1.29. The zero-order chi connectivity index (χ0) is 18.5. The third-order valence-corrected chi connectivity index (χ3v) is 5.94. The van der Waals surface area contributed by atoms with E-state index in [1.54, 1.807) is 29.9 Å². The van der Waals surface area contributed by atoms with Crippen molar-refractivity contribution in [3.63, 3.8) is 0 Å². The van der Waals surface area contributed by atoms with Gasteiger partial charge in [-0.3, -0.25) is 4.57 Å². The fourth-order valence-corrected chi connectivity index (χ4v) is 3.98. The lowest BCUT2D eigenvalue weighted by Crippen LogP contribution is -2.14. The molecule has 7 nitrogen and oxygen atoms in total. The van der Waals surface area contributed by atoms with Crippen LogP contribution in [0.4, 0.5) is 5.82 Å². The largest absolute Gasteiger partial charge is 0.394 e. The summed E-state index contributed by atoms with van der Waals surface area (Å²) in [6, 6.07) is 0. The van der Waals surface area contributed by atoms with Gasteiger partial charge in [-0.1, -0.05) is 23.4 Å². The quantitative estimate of drug-likeness (QED) is 0.305. The zero-order valence-corrected chi connectivity index (χ0v) is 16.9. The van der Waals surface area contributed by atoms with Gasteiger partial charge in [-0.2, -0.15) is 11.8 Å². The molecule has 0 saturated carbocycles. The Morgan fingerprint density at radius 2 is 2.27 bits per heavy atom. The fraction of sp³-hybridized carbons (Fsp3) is 0.588. The summed E-state index contributed by atoms with van der Waals surface area (Å²) >= 11 is 3.35. The summed E-state index contributed by atoms with van der Waals surface area (Å²) in [7, 11) is 0. The van der Waals surface area contributed by atoms with E-state index in [9.17, 15) is 5.11 Å². The lowest BCUT2D eigenvalue weighted by Gasteiger charge is -2.14. The molecule has 0 amide bonds. The first-order valence-corrected chi connectivity index (χ1v) is 11.0. The van der Waals surface area contributed by atoms with Crippen molar-refractivity contribution in [2.75, 3.05) is 29.8 Å². The molecule has 0 aromatic carbocycles. The Labute approximate surface area is 162 Å². The Balaban J connectivity index is 1.93. The van der Waals surface area contributed by atoms with E-state index >= 15 is 0 Å². The van der Waals surface area contributed by atoms with E-state index in [0.717, 1.165) is 40.1 Å². The zero-order valence-electron chi connectivity index (χ0n) is 15.3. The number of ether oxygens (including phenoxy) is 1. The van der Waals surface area contributed by atoms with Crippen molar-refractivity contribution in [3.8, 4) is 0 Å². The van der Waals surface area contributed by atoms with E-state index in [0.29, 0.717) is 6.54 Å². The number of aromatic nitrogens is 4. The smallest absolute Gasteiger partial charge is 0.192 e. The van der Waals surface area contributed by atoms with Gasteiger partial charge in [0.2, 0.25) is 0 Å². The van der Waals surface area contributed by atoms with Crippen LogP contribution in [0.15, 0.2) is 23.1 Å². The van der Waals surface area contributed by atoms with E-state index in [1.165, 1.54) is 5.57 Å². The second-order valence-electron chi connectivity index (χ2n) is 6.36. The van der Waals surface area contributed by atoms with E-state index in [1.807, 2.05) is 4.57 Å². The Morgan fingerprint density at radius 3 is 2.96 bits per heavy atom. The van der Waals surface area contributed by atoms with Gasteiger partial charge in [0.1, 0.15) is 6.23 Å². The van der Waals surface area contributed by atoms with Crippen molar-refractivity contribution in [1.29, 1.82) is 0 Å². The average molecular weight is 396 g/mol. The fourth-order valence-electron chi connectivity index (χ4n) is 2.78. The molecule has 2 unspecified atom stereocenters. The van der Waals surface area contributed by atoms with Crippen LogP contribution < -0.4 is 5.32 Å². The maximum Gasteiger partial charge on any atom is 0.192 e. The topological polar surface area (TPSA) is 85.1 Å². The highest BCUT2D eigenvalue weighted by Crippen LogP contribution is 2.32. The number of hydrogen-bond donors (Lipinski definition) is 2. The predicted molar refractivity (Wildman–Crippen MR) is 108 cm³/mol. The molecule has 0 bridgehead atoms. The maximum absolute atomic E-state index is 9.33. The van der Waals surface area contributed by atoms with Gasteiger partial charge in [0.25, 0.3) is 0 Å². The van der Waals surface area contributed by atoms with Crippen LogP contribution in [0.3, 0.4) is 0 Å². The summed E-state index contributed by atoms with van der Waals surface area (Å²) in [6.07, 6.45) is 7.37. The standard InChI is InChI=1S/C17H25N5O2S2/c1-11(2)6-7-18-15-14-16(21-17(20-15)26-10-25-3)22(9-19-14)13-5-4-12(8-23)24-13/h6,9,12-13,23H,4-5,7-8,10H2,1-3H3,(H,18,20,21). The number of fused-ring (bicyclic) bond motifs is 1. The van der Waals surface area contributed by atoms with Crippen molar-refractivity contribution in [3.05, 3.63) is 18.0 Å². The molecule has 0 spiro atoms. The number of rotatable bonds is 8. The summed E-state index contributed by atoms with van der Waals surface area (Å²) in [5, 5.41) is 14.3. The SMILES string of the molecule is CSCSc1nc(NCC=C(C)C)c2ncn(C3CCC(CO)O3)c2n1. The minimum Gasteiger partial charge on any atom is -0.394 e. The number of nitrogens with zero attached hydrogens (tertiary/aromatic N) is 4. The minimum atomic E-state index is -0.143. The molecule has 1 fully saturated rings. The molecule has 2 aromatic heterocycles. The minimum absolute atomic E-state index is 0.0441. The molecule has 0 aliphatic carbocycles. The van der Waals surface area contributed by atoms with Gasteiger partial charge in [0.05, 0.1) is 19.0 Å². The Morgan fingerprint density at radius 1 is 1.42 bits per heavy atom. The third-order valence-electron chi connectivity index (χ3n) is 4.09. The van der Waals surface area contributed by atoms with Gasteiger partial charge < -0.3 is 15.2 Å². The highest BCUT2D eigenvalue weighted by Gasteiger charge is 2.28. The molecule has 1 aliphatic rings. The molecular weight excluding hydrogens is 370 g/mol. The summed E-state index contributed by atoms with van der Waals surface area (Å²) in [5.74, 6) is 0.742. The summed E-state index contributed by atoms with van der Waals surface area (Å²) < 4.78 is 7.87. The van der Waals surface area contributed by atoms with Crippen LogP contribution in [-0.4, -0.2) is 55.2 Å². The van der Waals surface area contributed by atoms with Crippen LogP contribution in [-0.2, 0) is 4.74 Å². The third kappa shape index (κ3) is 4.51. The number of aliphatic hydroxyl groups excluding tert-OH is 1. The van der Waals surface area contributed by atoms with Crippen LogP contribution in [0.1, 0.15) is 32.9 Å². The number of aliphatic hydroxyl groups is 1. The highest BCUT2D eigenvalue weighted by atomic mass is 32.2. The van der Waals surface area contributed by atoms with Crippen molar-refractivity contribution >= 4 is 40.5 Å². The molecule has 142 valence electrons.